The van der Waals surface area contributed by atoms with Gasteiger partial charge in [0.25, 0.3) is 0 Å². The lowest BCUT2D eigenvalue weighted by Crippen LogP contribution is -2.41. The van der Waals surface area contributed by atoms with Crippen molar-refractivity contribution < 1.29 is 9.90 Å². The highest BCUT2D eigenvalue weighted by atomic mass is 16.3. The standard InChI is InChI=1S/C14H23N3O2/c1-10-13(11(2)16-15-10)9-14(19)17(7-8-18)12-5-3-4-6-12/h12,18H,3-9H2,1-2H3,(H,15,16). The summed E-state index contributed by atoms with van der Waals surface area (Å²) < 4.78 is 0. The number of carbonyl (C=O) groups excluding carboxylic acids is 1. The molecule has 1 heterocycles. The van der Waals surface area contributed by atoms with E-state index in [0.717, 1.165) is 29.8 Å². The first kappa shape index (κ1) is 14.1. The van der Waals surface area contributed by atoms with Crippen molar-refractivity contribution in [1.29, 1.82) is 0 Å². The topological polar surface area (TPSA) is 69.2 Å². The zero-order valence-corrected chi connectivity index (χ0v) is 11.8. The highest BCUT2D eigenvalue weighted by Crippen LogP contribution is 2.24. The highest BCUT2D eigenvalue weighted by molar-refractivity contribution is 5.79. The van der Waals surface area contributed by atoms with Crippen molar-refractivity contribution in [2.75, 3.05) is 13.2 Å². The molecule has 1 amide bonds. The molecule has 1 aromatic heterocycles. The number of aryl methyl sites for hydroxylation is 2. The third-order valence-electron chi connectivity index (χ3n) is 4.04. The zero-order valence-electron chi connectivity index (χ0n) is 11.8. The first-order valence-electron chi connectivity index (χ1n) is 7.04. The summed E-state index contributed by atoms with van der Waals surface area (Å²) in [5.74, 6) is 0.105. The highest BCUT2D eigenvalue weighted by Gasteiger charge is 2.27. The zero-order chi connectivity index (χ0) is 13.8. The summed E-state index contributed by atoms with van der Waals surface area (Å²) in [5.41, 5.74) is 2.84. The van der Waals surface area contributed by atoms with Gasteiger partial charge in [0, 0.05) is 23.8 Å². The lowest BCUT2D eigenvalue weighted by Gasteiger charge is -2.28. The van der Waals surface area contributed by atoms with Crippen LogP contribution in [-0.2, 0) is 11.2 Å². The van der Waals surface area contributed by atoms with Crippen LogP contribution in [0.3, 0.4) is 0 Å². The minimum atomic E-state index is 0.0333. The number of H-pyrrole nitrogens is 1. The number of hydrogen-bond acceptors (Lipinski definition) is 3. The van der Waals surface area contributed by atoms with Gasteiger partial charge in [-0.25, -0.2) is 0 Å². The lowest BCUT2D eigenvalue weighted by molar-refractivity contribution is -0.133. The van der Waals surface area contributed by atoms with Crippen LogP contribution in [-0.4, -0.2) is 45.3 Å². The number of amides is 1. The maximum atomic E-state index is 12.5. The number of nitrogens with one attached hydrogen (secondary N) is 1. The van der Waals surface area contributed by atoms with E-state index in [4.69, 9.17) is 5.11 Å². The van der Waals surface area contributed by atoms with E-state index in [2.05, 4.69) is 10.2 Å². The SMILES string of the molecule is Cc1n[nH]c(C)c1CC(=O)N(CCO)C1CCCC1. The second-order valence-corrected chi connectivity index (χ2v) is 5.34. The van der Waals surface area contributed by atoms with Gasteiger partial charge in [-0.1, -0.05) is 12.8 Å². The minimum absolute atomic E-state index is 0.0333. The Morgan fingerprint density at radius 3 is 2.63 bits per heavy atom. The van der Waals surface area contributed by atoms with Crippen molar-refractivity contribution >= 4 is 5.91 Å². The summed E-state index contributed by atoms with van der Waals surface area (Å²) in [5, 5.41) is 16.2. The van der Waals surface area contributed by atoms with Crippen molar-refractivity contribution in [2.24, 2.45) is 0 Å². The van der Waals surface area contributed by atoms with Gasteiger partial charge >= 0.3 is 0 Å². The number of nitrogens with zero attached hydrogens (tertiary/aromatic N) is 2. The van der Waals surface area contributed by atoms with Gasteiger partial charge in [0.05, 0.1) is 18.7 Å². The van der Waals surface area contributed by atoms with Crippen LogP contribution in [0.5, 0.6) is 0 Å². The number of hydrogen-bond donors (Lipinski definition) is 2. The van der Waals surface area contributed by atoms with Gasteiger partial charge in [0.2, 0.25) is 5.91 Å². The Morgan fingerprint density at radius 2 is 2.11 bits per heavy atom. The van der Waals surface area contributed by atoms with Gasteiger partial charge in [-0.05, 0) is 26.7 Å². The molecule has 0 atom stereocenters. The Morgan fingerprint density at radius 1 is 1.42 bits per heavy atom. The van der Waals surface area contributed by atoms with Crippen LogP contribution in [0.15, 0.2) is 0 Å². The van der Waals surface area contributed by atoms with E-state index in [1.165, 1.54) is 12.8 Å². The fraction of sp³-hybridized carbons (Fsp3) is 0.714. The van der Waals surface area contributed by atoms with E-state index < -0.39 is 0 Å². The Hall–Kier alpha value is -1.36. The number of carbonyl (C=O) groups is 1. The first-order chi connectivity index (χ1) is 9.13. The molecule has 2 N–H and O–H groups in total. The van der Waals surface area contributed by atoms with E-state index in [1.54, 1.807) is 0 Å². The van der Waals surface area contributed by atoms with E-state index >= 15 is 0 Å². The van der Waals surface area contributed by atoms with Gasteiger partial charge in [-0.15, -0.1) is 0 Å². The molecule has 0 aliphatic heterocycles. The van der Waals surface area contributed by atoms with Crippen LogP contribution in [0.25, 0.3) is 0 Å². The predicted molar refractivity (Wildman–Crippen MR) is 72.8 cm³/mol. The molecular formula is C14H23N3O2. The molecule has 0 saturated heterocycles. The minimum Gasteiger partial charge on any atom is -0.395 e. The Bertz CT molecular complexity index is 416. The van der Waals surface area contributed by atoms with Crippen LogP contribution < -0.4 is 0 Å². The molecule has 5 nitrogen and oxygen atoms in total. The second kappa shape index (κ2) is 6.19. The maximum absolute atomic E-state index is 12.5. The van der Waals surface area contributed by atoms with Gasteiger partial charge in [-0.2, -0.15) is 5.10 Å². The molecule has 106 valence electrons. The molecule has 0 aromatic carbocycles. The molecule has 1 aromatic rings. The number of aliphatic hydroxyl groups is 1. The van der Waals surface area contributed by atoms with Crippen molar-refractivity contribution in [3.05, 3.63) is 17.0 Å². The third kappa shape index (κ3) is 3.15. The smallest absolute Gasteiger partial charge is 0.227 e. The number of aromatic nitrogens is 2. The predicted octanol–water partition coefficient (Wildman–Crippen LogP) is 1.33. The summed E-state index contributed by atoms with van der Waals surface area (Å²) in [6.45, 7) is 4.33. The summed E-state index contributed by atoms with van der Waals surface area (Å²) in [6, 6.07) is 0.312. The molecule has 1 aliphatic carbocycles. The first-order valence-corrected chi connectivity index (χ1v) is 7.04. The van der Waals surface area contributed by atoms with Crippen LogP contribution in [0, 0.1) is 13.8 Å². The van der Waals surface area contributed by atoms with Crippen LogP contribution in [0.4, 0.5) is 0 Å². The molecule has 1 aliphatic rings. The lowest BCUT2D eigenvalue weighted by atomic mass is 10.1. The Balaban J connectivity index is 2.07. The number of aromatic amines is 1. The monoisotopic (exact) mass is 265 g/mol. The number of rotatable bonds is 5. The van der Waals surface area contributed by atoms with E-state index in [0.29, 0.717) is 19.0 Å². The Labute approximate surface area is 114 Å². The molecule has 0 bridgehead atoms. The molecule has 5 heteroatoms. The average Bonchev–Trinajstić information content (AvgIpc) is 3.01. The summed E-state index contributed by atoms with van der Waals surface area (Å²) >= 11 is 0. The molecule has 1 fully saturated rings. The molecule has 0 unspecified atom stereocenters. The third-order valence-corrected chi connectivity index (χ3v) is 4.04. The summed E-state index contributed by atoms with van der Waals surface area (Å²) in [4.78, 5) is 14.3. The van der Waals surface area contributed by atoms with Gasteiger partial charge in [0.1, 0.15) is 0 Å². The molecule has 19 heavy (non-hydrogen) atoms. The van der Waals surface area contributed by atoms with E-state index in [1.807, 2.05) is 18.7 Å². The van der Waals surface area contributed by atoms with E-state index in [9.17, 15) is 4.79 Å². The largest absolute Gasteiger partial charge is 0.395 e. The average molecular weight is 265 g/mol. The quantitative estimate of drug-likeness (QED) is 0.844. The van der Waals surface area contributed by atoms with Crippen LogP contribution in [0.2, 0.25) is 0 Å². The van der Waals surface area contributed by atoms with E-state index in [-0.39, 0.29) is 12.5 Å². The van der Waals surface area contributed by atoms with Crippen LogP contribution >= 0.6 is 0 Å². The van der Waals surface area contributed by atoms with Crippen molar-refractivity contribution in [3.63, 3.8) is 0 Å². The molecule has 0 radical (unpaired) electrons. The van der Waals surface area contributed by atoms with Gasteiger partial charge in [0.15, 0.2) is 0 Å². The Kier molecular flexibility index (Phi) is 4.58. The fourth-order valence-corrected chi connectivity index (χ4v) is 2.92. The molecule has 0 spiro atoms. The van der Waals surface area contributed by atoms with Gasteiger partial charge in [-0.3, -0.25) is 9.89 Å². The maximum Gasteiger partial charge on any atom is 0.227 e. The fourth-order valence-electron chi connectivity index (χ4n) is 2.92. The summed E-state index contributed by atoms with van der Waals surface area (Å²) in [7, 11) is 0. The second-order valence-electron chi connectivity index (χ2n) is 5.34. The molecule has 2 rings (SSSR count). The van der Waals surface area contributed by atoms with Crippen molar-refractivity contribution in [2.45, 2.75) is 52.0 Å². The molecular weight excluding hydrogens is 242 g/mol. The van der Waals surface area contributed by atoms with Crippen molar-refractivity contribution in [3.8, 4) is 0 Å². The van der Waals surface area contributed by atoms with Crippen molar-refractivity contribution in [1.82, 2.24) is 15.1 Å². The summed E-state index contributed by atoms with van der Waals surface area (Å²) in [6.07, 6.45) is 4.88. The van der Waals surface area contributed by atoms with Crippen LogP contribution in [0.1, 0.15) is 42.6 Å². The number of aliphatic hydroxyl groups excluding tert-OH is 1. The molecule has 1 saturated carbocycles. The normalized spacial score (nSPS) is 15.9. The van der Waals surface area contributed by atoms with Gasteiger partial charge < -0.3 is 10.0 Å².